The van der Waals surface area contributed by atoms with Crippen molar-refractivity contribution in [2.24, 2.45) is 0 Å². The number of nitrogens with one attached hydrogen (secondary N) is 1. The van der Waals surface area contributed by atoms with Gasteiger partial charge in [-0.25, -0.2) is 4.98 Å². The summed E-state index contributed by atoms with van der Waals surface area (Å²) in [5.74, 6) is 0.240. The van der Waals surface area contributed by atoms with E-state index in [9.17, 15) is 4.79 Å². The van der Waals surface area contributed by atoms with Crippen molar-refractivity contribution in [1.82, 2.24) is 14.9 Å². The van der Waals surface area contributed by atoms with Crippen molar-refractivity contribution < 1.29 is 4.79 Å². The number of benzene rings is 1. The summed E-state index contributed by atoms with van der Waals surface area (Å²) in [4.78, 5) is 22.7. The summed E-state index contributed by atoms with van der Waals surface area (Å²) >= 11 is 1.52. The summed E-state index contributed by atoms with van der Waals surface area (Å²) in [5, 5.41) is 0.687. The van der Waals surface area contributed by atoms with E-state index in [-0.39, 0.29) is 11.2 Å². The van der Waals surface area contributed by atoms with Crippen LogP contribution in [-0.2, 0) is 4.79 Å². The van der Waals surface area contributed by atoms with Crippen LogP contribution in [0.5, 0.6) is 0 Å². The summed E-state index contributed by atoms with van der Waals surface area (Å²) in [6, 6.07) is 10.5. The van der Waals surface area contributed by atoms with Crippen molar-refractivity contribution in [3.8, 4) is 11.3 Å². The molecule has 128 valence electrons. The average Bonchev–Trinajstić information content (AvgIpc) is 3.10. The molecule has 0 spiro atoms. The summed E-state index contributed by atoms with van der Waals surface area (Å²) in [5.41, 5.74) is 2.10. The second-order valence-electron chi connectivity index (χ2n) is 6.32. The smallest absolute Gasteiger partial charge is 0.236 e. The van der Waals surface area contributed by atoms with Crippen molar-refractivity contribution in [2.45, 2.75) is 56.0 Å². The van der Waals surface area contributed by atoms with Crippen molar-refractivity contribution in [3.05, 3.63) is 36.5 Å². The lowest BCUT2D eigenvalue weighted by Gasteiger charge is -2.36. The van der Waals surface area contributed by atoms with Crippen LogP contribution < -0.4 is 0 Å². The van der Waals surface area contributed by atoms with Gasteiger partial charge in [0.05, 0.1) is 17.1 Å². The summed E-state index contributed by atoms with van der Waals surface area (Å²) in [6.07, 6.45) is 6.38. The van der Waals surface area contributed by atoms with Gasteiger partial charge in [-0.15, -0.1) is 0 Å². The Morgan fingerprint density at radius 3 is 2.92 bits per heavy atom. The van der Waals surface area contributed by atoms with Crippen molar-refractivity contribution >= 4 is 17.7 Å². The molecule has 1 aliphatic rings. The van der Waals surface area contributed by atoms with E-state index in [1.165, 1.54) is 18.2 Å². The zero-order chi connectivity index (χ0) is 16.9. The number of likely N-dealkylation sites (tertiary alicyclic amines) is 1. The summed E-state index contributed by atoms with van der Waals surface area (Å²) < 4.78 is 0. The predicted octanol–water partition coefficient (Wildman–Crippen LogP) is 4.35. The standard InChI is InChI=1S/C19H25N3OS/c1-3-16-11-7-8-12-22(16)18(23)14(2)24-19-20-13-17(21-19)15-9-5-4-6-10-15/h4-6,9-10,13-14,16H,3,7-8,11-12H2,1-2H3,(H,20,21). The molecule has 2 heterocycles. The average molecular weight is 343 g/mol. The molecule has 1 N–H and O–H groups in total. The highest BCUT2D eigenvalue weighted by atomic mass is 32.2. The third-order valence-corrected chi connectivity index (χ3v) is 5.64. The number of thioether (sulfide) groups is 1. The van der Waals surface area contributed by atoms with Crippen molar-refractivity contribution in [3.63, 3.8) is 0 Å². The minimum Gasteiger partial charge on any atom is -0.339 e. The SMILES string of the molecule is CCC1CCCCN1C(=O)C(C)Sc1ncc(-c2ccccc2)[nH]1. The van der Waals surface area contributed by atoms with Gasteiger partial charge >= 0.3 is 0 Å². The topological polar surface area (TPSA) is 49.0 Å². The Hall–Kier alpha value is -1.75. The molecule has 1 amide bonds. The van der Waals surface area contributed by atoms with Gasteiger partial charge in [-0.1, -0.05) is 49.0 Å². The first-order valence-electron chi connectivity index (χ1n) is 8.76. The second kappa shape index (κ2) is 7.88. The molecule has 1 aromatic carbocycles. The fourth-order valence-corrected chi connectivity index (χ4v) is 4.15. The summed E-state index contributed by atoms with van der Waals surface area (Å²) in [7, 11) is 0. The Kier molecular flexibility index (Phi) is 5.61. The number of piperidine rings is 1. The molecular formula is C19H25N3OS. The number of carbonyl (C=O) groups is 1. The van der Waals surface area contributed by atoms with E-state index in [1.54, 1.807) is 0 Å². The van der Waals surface area contributed by atoms with Gasteiger partial charge in [0.25, 0.3) is 0 Å². The van der Waals surface area contributed by atoms with Gasteiger partial charge in [0, 0.05) is 12.6 Å². The molecule has 4 nitrogen and oxygen atoms in total. The van der Waals surface area contributed by atoms with E-state index in [0.717, 1.165) is 42.2 Å². The number of hydrogen-bond acceptors (Lipinski definition) is 3. The number of aromatic amines is 1. The van der Waals surface area contributed by atoms with Gasteiger partial charge in [-0.05, 0) is 38.2 Å². The maximum absolute atomic E-state index is 12.8. The molecule has 0 bridgehead atoms. The normalized spacial score (nSPS) is 19.2. The Bertz CT molecular complexity index is 670. The van der Waals surface area contributed by atoms with Crippen molar-refractivity contribution in [2.75, 3.05) is 6.54 Å². The van der Waals surface area contributed by atoms with Crippen LogP contribution in [0, 0.1) is 0 Å². The first kappa shape index (κ1) is 17.1. The molecule has 1 saturated heterocycles. The van der Waals surface area contributed by atoms with Gasteiger partial charge in [0.2, 0.25) is 5.91 Å². The molecule has 24 heavy (non-hydrogen) atoms. The molecule has 2 unspecified atom stereocenters. The van der Waals surface area contributed by atoms with Crippen LogP contribution >= 0.6 is 11.8 Å². The van der Waals surface area contributed by atoms with Crippen molar-refractivity contribution in [1.29, 1.82) is 0 Å². The molecule has 2 atom stereocenters. The number of nitrogens with zero attached hydrogens (tertiary/aromatic N) is 2. The molecule has 1 aliphatic heterocycles. The zero-order valence-electron chi connectivity index (χ0n) is 14.4. The quantitative estimate of drug-likeness (QED) is 0.821. The molecule has 0 saturated carbocycles. The van der Waals surface area contributed by atoms with Crippen LogP contribution in [0.3, 0.4) is 0 Å². The van der Waals surface area contributed by atoms with Gasteiger partial charge in [0.15, 0.2) is 5.16 Å². The monoisotopic (exact) mass is 343 g/mol. The lowest BCUT2D eigenvalue weighted by molar-refractivity contribution is -0.134. The van der Waals surface area contributed by atoms with Crippen LogP contribution in [0.25, 0.3) is 11.3 Å². The molecule has 0 radical (unpaired) electrons. The molecular weight excluding hydrogens is 318 g/mol. The molecule has 2 aromatic rings. The van der Waals surface area contributed by atoms with E-state index in [2.05, 4.69) is 33.9 Å². The Balaban J connectivity index is 1.65. The number of carbonyl (C=O) groups excluding carboxylic acids is 1. The van der Waals surface area contributed by atoms with Crippen LogP contribution in [0.1, 0.15) is 39.5 Å². The van der Waals surface area contributed by atoms with E-state index in [0.29, 0.717) is 6.04 Å². The van der Waals surface area contributed by atoms with Crippen LogP contribution in [0.15, 0.2) is 41.7 Å². The van der Waals surface area contributed by atoms with E-state index in [4.69, 9.17) is 0 Å². The fourth-order valence-electron chi connectivity index (χ4n) is 3.29. The number of amides is 1. The number of rotatable bonds is 5. The Morgan fingerprint density at radius 1 is 1.38 bits per heavy atom. The van der Waals surface area contributed by atoms with Gasteiger partial charge in [-0.2, -0.15) is 0 Å². The van der Waals surface area contributed by atoms with Gasteiger partial charge in [-0.3, -0.25) is 4.79 Å². The maximum atomic E-state index is 12.8. The number of aromatic nitrogens is 2. The molecule has 1 aromatic heterocycles. The molecule has 3 rings (SSSR count). The summed E-state index contributed by atoms with van der Waals surface area (Å²) in [6.45, 7) is 5.06. The minimum absolute atomic E-state index is 0.119. The number of H-pyrrole nitrogens is 1. The van der Waals surface area contributed by atoms with Gasteiger partial charge in [0.1, 0.15) is 0 Å². The van der Waals surface area contributed by atoms with Crippen LogP contribution in [0.2, 0.25) is 0 Å². The molecule has 0 aliphatic carbocycles. The third kappa shape index (κ3) is 3.83. The predicted molar refractivity (Wildman–Crippen MR) is 99.0 cm³/mol. The Morgan fingerprint density at radius 2 is 2.17 bits per heavy atom. The highest BCUT2D eigenvalue weighted by Gasteiger charge is 2.29. The highest BCUT2D eigenvalue weighted by Crippen LogP contribution is 2.28. The molecule has 1 fully saturated rings. The zero-order valence-corrected chi connectivity index (χ0v) is 15.2. The second-order valence-corrected chi connectivity index (χ2v) is 7.65. The first-order valence-corrected chi connectivity index (χ1v) is 9.64. The van der Waals surface area contributed by atoms with Crippen LogP contribution in [-0.4, -0.2) is 38.6 Å². The van der Waals surface area contributed by atoms with E-state index < -0.39 is 0 Å². The minimum atomic E-state index is -0.119. The Labute approximate surface area is 148 Å². The third-order valence-electron chi connectivity index (χ3n) is 4.65. The maximum Gasteiger partial charge on any atom is 0.236 e. The number of imidazole rings is 1. The number of hydrogen-bond donors (Lipinski definition) is 1. The molecule has 5 heteroatoms. The lowest BCUT2D eigenvalue weighted by Crippen LogP contribution is -2.46. The lowest BCUT2D eigenvalue weighted by atomic mass is 10.00. The largest absolute Gasteiger partial charge is 0.339 e. The highest BCUT2D eigenvalue weighted by molar-refractivity contribution is 8.00. The van der Waals surface area contributed by atoms with Crippen LogP contribution in [0.4, 0.5) is 0 Å². The van der Waals surface area contributed by atoms with E-state index in [1.807, 2.05) is 31.3 Å². The van der Waals surface area contributed by atoms with E-state index >= 15 is 0 Å². The van der Waals surface area contributed by atoms with Gasteiger partial charge < -0.3 is 9.88 Å². The fraction of sp³-hybridized carbons (Fsp3) is 0.474. The first-order chi connectivity index (χ1) is 11.7.